The number of aromatic carboxylic acids is 1. The molecule has 0 radical (unpaired) electrons. The fraction of sp³-hybridized carbons (Fsp3) is 0.333. The van der Waals surface area contributed by atoms with Gasteiger partial charge in [0.25, 0.3) is 0 Å². The monoisotopic (exact) mass is 316 g/mol. The van der Waals surface area contributed by atoms with Gasteiger partial charge in [0, 0.05) is 14.1 Å². The van der Waals surface area contributed by atoms with Crippen molar-refractivity contribution in [2.75, 3.05) is 27.7 Å². The minimum absolute atomic E-state index is 0.0513. The SMILES string of the molecule is CNC(=O)CN(C)S(=O)(=O)c1ccc(OC)c(C(=O)O)c1. The molecule has 0 atom stereocenters. The molecule has 1 amide bonds. The summed E-state index contributed by atoms with van der Waals surface area (Å²) < 4.78 is 30.2. The van der Waals surface area contributed by atoms with Gasteiger partial charge in [-0.05, 0) is 18.2 Å². The van der Waals surface area contributed by atoms with Crippen LogP contribution in [0.15, 0.2) is 23.1 Å². The number of benzene rings is 1. The van der Waals surface area contributed by atoms with Gasteiger partial charge in [-0.3, -0.25) is 4.79 Å². The van der Waals surface area contributed by atoms with E-state index in [0.717, 1.165) is 10.4 Å². The van der Waals surface area contributed by atoms with Gasteiger partial charge in [0.2, 0.25) is 15.9 Å². The average Bonchev–Trinajstić information content (AvgIpc) is 2.45. The molecule has 0 saturated carbocycles. The van der Waals surface area contributed by atoms with Gasteiger partial charge in [0.1, 0.15) is 11.3 Å². The van der Waals surface area contributed by atoms with Crippen LogP contribution in [0.5, 0.6) is 5.75 Å². The Hall–Kier alpha value is -2.13. The molecule has 0 heterocycles. The molecular weight excluding hydrogens is 300 g/mol. The van der Waals surface area contributed by atoms with Crippen LogP contribution in [-0.2, 0) is 14.8 Å². The smallest absolute Gasteiger partial charge is 0.339 e. The number of ether oxygens (including phenoxy) is 1. The summed E-state index contributed by atoms with van der Waals surface area (Å²) in [6.45, 7) is -0.368. The second-order valence-electron chi connectivity index (χ2n) is 4.10. The third-order valence-corrected chi connectivity index (χ3v) is 4.55. The molecule has 9 heteroatoms. The van der Waals surface area contributed by atoms with Crippen LogP contribution in [0.2, 0.25) is 0 Å². The van der Waals surface area contributed by atoms with Gasteiger partial charge >= 0.3 is 5.97 Å². The second-order valence-corrected chi connectivity index (χ2v) is 6.15. The zero-order valence-corrected chi connectivity index (χ0v) is 12.6. The van der Waals surface area contributed by atoms with Gasteiger partial charge in [-0.25, -0.2) is 13.2 Å². The summed E-state index contributed by atoms with van der Waals surface area (Å²) in [6.07, 6.45) is 0. The van der Waals surface area contributed by atoms with E-state index in [-0.39, 0.29) is 22.8 Å². The summed E-state index contributed by atoms with van der Waals surface area (Å²) in [6, 6.07) is 3.47. The second kappa shape index (κ2) is 6.55. The van der Waals surface area contributed by atoms with E-state index in [1.54, 1.807) is 0 Å². The molecule has 0 aromatic heterocycles. The van der Waals surface area contributed by atoms with Crippen LogP contribution in [0.4, 0.5) is 0 Å². The standard InChI is InChI=1S/C12H16N2O6S/c1-13-11(15)7-14(2)21(18,19)8-4-5-10(20-3)9(6-8)12(16)17/h4-6H,7H2,1-3H3,(H,13,15)(H,16,17). The Morgan fingerprint density at radius 2 is 2.00 bits per heavy atom. The molecular formula is C12H16N2O6S. The van der Waals surface area contributed by atoms with Gasteiger partial charge in [0.15, 0.2) is 0 Å². The number of carbonyl (C=O) groups excluding carboxylic acids is 1. The van der Waals surface area contributed by atoms with Crippen molar-refractivity contribution >= 4 is 21.9 Å². The van der Waals surface area contributed by atoms with E-state index < -0.39 is 21.9 Å². The van der Waals surface area contributed by atoms with Crippen LogP contribution in [0, 0.1) is 0 Å². The minimum Gasteiger partial charge on any atom is -0.496 e. The zero-order chi connectivity index (χ0) is 16.2. The molecule has 116 valence electrons. The van der Waals surface area contributed by atoms with Crippen molar-refractivity contribution in [2.45, 2.75) is 4.90 Å². The van der Waals surface area contributed by atoms with E-state index in [9.17, 15) is 18.0 Å². The maximum absolute atomic E-state index is 12.3. The Morgan fingerprint density at radius 1 is 1.38 bits per heavy atom. The summed E-state index contributed by atoms with van der Waals surface area (Å²) in [5.74, 6) is -1.73. The van der Waals surface area contributed by atoms with E-state index >= 15 is 0 Å². The third-order valence-electron chi connectivity index (χ3n) is 2.75. The van der Waals surface area contributed by atoms with E-state index in [1.165, 1.54) is 33.3 Å². The number of amides is 1. The van der Waals surface area contributed by atoms with Crippen molar-refractivity contribution in [3.63, 3.8) is 0 Å². The number of hydrogen-bond acceptors (Lipinski definition) is 5. The Morgan fingerprint density at radius 3 is 2.48 bits per heavy atom. The van der Waals surface area contributed by atoms with Crippen LogP contribution in [-0.4, -0.2) is 57.5 Å². The van der Waals surface area contributed by atoms with Crippen LogP contribution >= 0.6 is 0 Å². The highest BCUT2D eigenvalue weighted by molar-refractivity contribution is 7.89. The minimum atomic E-state index is -3.97. The van der Waals surface area contributed by atoms with Crippen molar-refractivity contribution < 1.29 is 27.9 Å². The third kappa shape index (κ3) is 3.70. The molecule has 0 unspecified atom stereocenters. The van der Waals surface area contributed by atoms with Crippen molar-refractivity contribution in [2.24, 2.45) is 0 Å². The molecule has 0 aliphatic rings. The normalized spacial score (nSPS) is 11.2. The molecule has 0 aliphatic heterocycles. The molecule has 1 aromatic rings. The van der Waals surface area contributed by atoms with Crippen molar-refractivity contribution in [3.8, 4) is 5.75 Å². The molecule has 1 rings (SSSR count). The summed E-state index contributed by atoms with van der Waals surface area (Å²) >= 11 is 0. The summed E-state index contributed by atoms with van der Waals surface area (Å²) in [5, 5.41) is 11.4. The van der Waals surface area contributed by atoms with Crippen molar-refractivity contribution in [3.05, 3.63) is 23.8 Å². The van der Waals surface area contributed by atoms with Gasteiger partial charge < -0.3 is 15.2 Å². The average molecular weight is 316 g/mol. The molecule has 0 bridgehead atoms. The lowest BCUT2D eigenvalue weighted by Gasteiger charge is -2.17. The van der Waals surface area contributed by atoms with E-state index in [2.05, 4.69) is 5.32 Å². The van der Waals surface area contributed by atoms with Crippen molar-refractivity contribution in [1.82, 2.24) is 9.62 Å². The van der Waals surface area contributed by atoms with Crippen LogP contribution < -0.4 is 10.1 Å². The molecule has 0 saturated heterocycles. The molecule has 2 N–H and O–H groups in total. The van der Waals surface area contributed by atoms with E-state index in [0.29, 0.717) is 0 Å². The molecule has 0 spiro atoms. The number of likely N-dealkylation sites (N-methyl/N-ethyl adjacent to an activating group) is 2. The van der Waals surface area contributed by atoms with Gasteiger partial charge in [-0.15, -0.1) is 0 Å². The van der Waals surface area contributed by atoms with E-state index in [4.69, 9.17) is 9.84 Å². The Labute approximate surface area is 122 Å². The predicted molar refractivity (Wildman–Crippen MR) is 73.8 cm³/mol. The number of carboxylic acid groups (broad SMARTS) is 1. The summed E-state index contributed by atoms with van der Waals surface area (Å²) in [5.41, 5.74) is -0.271. The number of carbonyl (C=O) groups is 2. The van der Waals surface area contributed by atoms with Gasteiger partial charge in [0.05, 0.1) is 18.6 Å². The largest absolute Gasteiger partial charge is 0.496 e. The van der Waals surface area contributed by atoms with Gasteiger partial charge in [-0.1, -0.05) is 0 Å². The number of carboxylic acids is 1. The fourth-order valence-corrected chi connectivity index (χ4v) is 2.71. The first kappa shape index (κ1) is 16.9. The number of nitrogens with one attached hydrogen (secondary N) is 1. The zero-order valence-electron chi connectivity index (χ0n) is 11.8. The molecule has 1 aromatic carbocycles. The number of methoxy groups -OCH3 is 1. The highest BCUT2D eigenvalue weighted by Crippen LogP contribution is 2.24. The summed E-state index contributed by atoms with van der Waals surface area (Å²) in [4.78, 5) is 22.1. The molecule has 8 nitrogen and oxygen atoms in total. The van der Waals surface area contributed by atoms with Gasteiger partial charge in [-0.2, -0.15) is 4.31 Å². The number of rotatable bonds is 6. The maximum Gasteiger partial charge on any atom is 0.339 e. The lowest BCUT2D eigenvalue weighted by atomic mass is 10.2. The molecule has 21 heavy (non-hydrogen) atoms. The number of sulfonamides is 1. The van der Waals surface area contributed by atoms with Crippen LogP contribution in [0.25, 0.3) is 0 Å². The van der Waals surface area contributed by atoms with Crippen LogP contribution in [0.3, 0.4) is 0 Å². The lowest BCUT2D eigenvalue weighted by Crippen LogP contribution is -2.36. The van der Waals surface area contributed by atoms with Crippen molar-refractivity contribution in [1.29, 1.82) is 0 Å². The highest BCUT2D eigenvalue weighted by atomic mass is 32.2. The summed E-state index contributed by atoms with van der Waals surface area (Å²) in [7, 11) is -0.0672. The Kier molecular flexibility index (Phi) is 5.28. The Balaban J connectivity index is 3.23. The highest BCUT2D eigenvalue weighted by Gasteiger charge is 2.25. The quantitative estimate of drug-likeness (QED) is 0.749. The number of nitrogens with zero attached hydrogens (tertiary/aromatic N) is 1. The maximum atomic E-state index is 12.3. The first-order chi connectivity index (χ1) is 9.73. The first-order valence-corrected chi connectivity index (χ1v) is 7.26. The fourth-order valence-electron chi connectivity index (χ4n) is 1.56. The number of hydrogen-bond donors (Lipinski definition) is 2. The van der Waals surface area contributed by atoms with Crippen LogP contribution in [0.1, 0.15) is 10.4 Å². The molecule has 0 aliphatic carbocycles. The first-order valence-electron chi connectivity index (χ1n) is 5.82. The Bertz CT molecular complexity index is 656. The van der Waals surface area contributed by atoms with E-state index in [1.807, 2.05) is 0 Å². The predicted octanol–water partition coefficient (Wildman–Crippen LogP) is -0.240. The topological polar surface area (TPSA) is 113 Å². The molecule has 0 fully saturated rings. The lowest BCUT2D eigenvalue weighted by molar-refractivity contribution is -0.120.